The fourth-order valence-electron chi connectivity index (χ4n) is 0.796. The van der Waals surface area contributed by atoms with E-state index < -0.39 is 5.97 Å². The van der Waals surface area contributed by atoms with Crippen molar-refractivity contribution in [2.24, 2.45) is 0 Å². The van der Waals surface area contributed by atoms with Crippen molar-refractivity contribution in [3.63, 3.8) is 0 Å². The predicted molar refractivity (Wildman–Crippen MR) is 40.5 cm³/mol. The number of benzene rings is 1. The maximum Gasteiger partial charge on any atom is 0.0730 e. The van der Waals surface area contributed by atoms with Gasteiger partial charge in [0.1, 0.15) is 0 Å². The van der Waals surface area contributed by atoms with Gasteiger partial charge >= 0.3 is 0 Å². The van der Waals surface area contributed by atoms with Crippen molar-refractivity contribution < 1.29 is 9.90 Å². The summed E-state index contributed by atoms with van der Waals surface area (Å²) in [6.45, 7) is 1.79. The number of carbonyl (C=O) groups excluding carboxylic acids is 1. The van der Waals surface area contributed by atoms with E-state index in [4.69, 9.17) is 11.6 Å². The highest BCUT2D eigenvalue weighted by Gasteiger charge is 1.99. The van der Waals surface area contributed by atoms with E-state index in [1.54, 1.807) is 19.1 Å². The molecule has 0 saturated heterocycles. The Morgan fingerprint density at radius 2 is 2.18 bits per heavy atom. The van der Waals surface area contributed by atoms with Crippen molar-refractivity contribution in [2.75, 3.05) is 0 Å². The molecule has 0 amide bonds. The molecule has 58 valence electrons. The first-order valence-corrected chi connectivity index (χ1v) is 3.46. The van der Waals surface area contributed by atoms with Crippen LogP contribution in [0, 0.1) is 6.92 Å². The number of hydrogen-bond acceptors (Lipinski definition) is 2. The van der Waals surface area contributed by atoms with Crippen molar-refractivity contribution in [1.82, 2.24) is 0 Å². The number of halogens is 1. The minimum atomic E-state index is -1.24. The summed E-state index contributed by atoms with van der Waals surface area (Å²) in [6, 6.07) is 4.77. The van der Waals surface area contributed by atoms with E-state index in [0.29, 0.717) is 0 Å². The van der Waals surface area contributed by atoms with Crippen molar-refractivity contribution in [1.29, 1.82) is 0 Å². The van der Waals surface area contributed by atoms with Crippen LogP contribution in [0.3, 0.4) is 0 Å². The average Bonchev–Trinajstić information content (AvgIpc) is 1.94. The van der Waals surface area contributed by atoms with Gasteiger partial charge in [-0.15, -0.1) is 0 Å². The Balaban J connectivity index is 3.23. The van der Waals surface area contributed by atoms with E-state index in [-0.39, 0.29) is 10.6 Å². The summed E-state index contributed by atoms with van der Waals surface area (Å²) >= 11 is 5.57. The van der Waals surface area contributed by atoms with Crippen LogP contribution in [0.15, 0.2) is 18.2 Å². The van der Waals surface area contributed by atoms with Gasteiger partial charge in [0.15, 0.2) is 0 Å². The summed E-state index contributed by atoms with van der Waals surface area (Å²) in [5.41, 5.74) is 0.903. The second-order valence-corrected chi connectivity index (χ2v) is 2.68. The van der Waals surface area contributed by atoms with Crippen LogP contribution in [-0.4, -0.2) is 5.97 Å². The highest BCUT2D eigenvalue weighted by molar-refractivity contribution is 6.33. The largest absolute Gasteiger partial charge is 0.545 e. The highest BCUT2D eigenvalue weighted by Crippen LogP contribution is 2.15. The summed E-state index contributed by atoms with van der Waals surface area (Å²) in [5, 5.41) is 10.6. The Morgan fingerprint density at radius 1 is 1.55 bits per heavy atom. The Labute approximate surface area is 69.4 Å². The lowest BCUT2D eigenvalue weighted by atomic mass is 10.1. The summed E-state index contributed by atoms with van der Waals surface area (Å²) in [7, 11) is 0. The average molecular weight is 170 g/mol. The van der Waals surface area contributed by atoms with Crippen LogP contribution in [0.4, 0.5) is 0 Å². The first-order chi connectivity index (χ1) is 5.11. The third kappa shape index (κ3) is 1.71. The lowest BCUT2D eigenvalue weighted by Crippen LogP contribution is -2.22. The van der Waals surface area contributed by atoms with E-state index in [0.717, 1.165) is 5.56 Å². The van der Waals surface area contributed by atoms with Crippen LogP contribution >= 0.6 is 11.6 Å². The van der Waals surface area contributed by atoms with Gasteiger partial charge in [0.2, 0.25) is 0 Å². The topological polar surface area (TPSA) is 40.1 Å². The van der Waals surface area contributed by atoms with Crippen LogP contribution < -0.4 is 5.11 Å². The van der Waals surface area contributed by atoms with Crippen LogP contribution in [-0.2, 0) is 0 Å². The van der Waals surface area contributed by atoms with Gasteiger partial charge < -0.3 is 9.90 Å². The van der Waals surface area contributed by atoms with Crippen LogP contribution in [0.25, 0.3) is 0 Å². The summed E-state index contributed by atoms with van der Waals surface area (Å²) < 4.78 is 0. The van der Waals surface area contributed by atoms with E-state index in [9.17, 15) is 9.90 Å². The molecule has 0 spiro atoms. The highest BCUT2D eigenvalue weighted by atomic mass is 35.5. The number of carboxylic acid groups (broad SMARTS) is 1. The molecule has 1 aromatic carbocycles. The van der Waals surface area contributed by atoms with Crippen molar-refractivity contribution in [2.45, 2.75) is 6.92 Å². The predicted octanol–water partition coefficient (Wildman–Crippen LogP) is 1.01. The molecule has 0 fully saturated rings. The molecule has 1 rings (SSSR count). The zero-order valence-corrected chi connectivity index (χ0v) is 6.68. The number of aryl methyl sites for hydroxylation is 1. The maximum absolute atomic E-state index is 10.4. The normalized spacial score (nSPS) is 9.64. The molecule has 0 atom stereocenters. The van der Waals surface area contributed by atoms with E-state index >= 15 is 0 Å². The number of rotatable bonds is 1. The quantitative estimate of drug-likeness (QED) is 0.630. The molecule has 0 N–H and O–H groups in total. The third-order valence-electron chi connectivity index (χ3n) is 1.34. The molecule has 0 unspecified atom stereocenters. The Hall–Kier alpha value is -1.02. The van der Waals surface area contributed by atoms with E-state index in [2.05, 4.69) is 0 Å². The van der Waals surface area contributed by atoms with Crippen molar-refractivity contribution >= 4 is 17.6 Å². The molecular formula is C8H6ClO2-. The first-order valence-electron chi connectivity index (χ1n) is 3.09. The molecule has 0 bridgehead atoms. The number of aromatic carboxylic acids is 1. The van der Waals surface area contributed by atoms with Gasteiger partial charge in [-0.25, -0.2) is 0 Å². The second-order valence-electron chi connectivity index (χ2n) is 2.27. The molecule has 3 heteroatoms. The van der Waals surface area contributed by atoms with E-state index in [1.165, 1.54) is 6.07 Å². The molecule has 1 aromatic rings. The lowest BCUT2D eigenvalue weighted by molar-refractivity contribution is -0.255. The summed E-state index contributed by atoms with van der Waals surface area (Å²) in [4.78, 5) is 10.4. The maximum atomic E-state index is 10.4. The molecule has 0 aliphatic heterocycles. The number of hydrogen-bond donors (Lipinski definition) is 0. The summed E-state index contributed by atoms with van der Waals surface area (Å²) in [6.07, 6.45) is 0. The van der Waals surface area contributed by atoms with Gasteiger partial charge in [-0.05, 0) is 19.1 Å². The monoisotopic (exact) mass is 169 g/mol. The van der Waals surface area contributed by atoms with Crippen LogP contribution in [0.5, 0.6) is 0 Å². The lowest BCUT2D eigenvalue weighted by Gasteiger charge is -2.04. The first kappa shape index (κ1) is 8.08. The molecule has 0 aliphatic carbocycles. The Morgan fingerprint density at radius 3 is 2.64 bits per heavy atom. The van der Waals surface area contributed by atoms with Crippen LogP contribution in [0.1, 0.15) is 15.9 Å². The SMILES string of the molecule is Cc1ccc(Cl)c(C(=O)[O-])c1. The third-order valence-corrected chi connectivity index (χ3v) is 1.67. The molecule has 11 heavy (non-hydrogen) atoms. The fraction of sp³-hybridized carbons (Fsp3) is 0.125. The van der Waals surface area contributed by atoms with Gasteiger partial charge in [-0.3, -0.25) is 0 Å². The minimum absolute atomic E-state index is 0.0478. The standard InChI is InChI=1S/C8H7ClO2/c1-5-2-3-7(9)6(4-5)8(10)11/h2-4H,1H3,(H,10,11)/p-1. The second kappa shape index (κ2) is 2.93. The number of carbonyl (C=O) groups is 1. The van der Waals surface area contributed by atoms with Crippen molar-refractivity contribution in [3.05, 3.63) is 34.3 Å². The Kier molecular flexibility index (Phi) is 2.15. The van der Waals surface area contributed by atoms with Gasteiger partial charge in [0.05, 0.1) is 5.97 Å². The molecule has 0 radical (unpaired) electrons. The minimum Gasteiger partial charge on any atom is -0.545 e. The van der Waals surface area contributed by atoms with Gasteiger partial charge in [-0.2, -0.15) is 0 Å². The zero-order chi connectivity index (χ0) is 8.43. The van der Waals surface area contributed by atoms with Gasteiger partial charge in [-0.1, -0.05) is 23.2 Å². The van der Waals surface area contributed by atoms with Gasteiger partial charge in [0.25, 0.3) is 0 Å². The Bertz CT molecular complexity index is 294. The molecular weight excluding hydrogens is 164 g/mol. The number of carboxylic acids is 1. The van der Waals surface area contributed by atoms with E-state index in [1.807, 2.05) is 0 Å². The molecule has 0 heterocycles. The van der Waals surface area contributed by atoms with Crippen LogP contribution in [0.2, 0.25) is 5.02 Å². The molecule has 0 saturated carbocycles. The fourth-order valence-corrected chi connectivity index (χ4v) is 0.990. The zero-order valence-electron chi connectivity index (χ0n) is 5.93. The molecule has 2 nitrogen and oxygen atoms in total. The molecule has 0 aromatic heterocycles. The molecule has 0 aliphatic rings. The van der Waals surface area contributed by atoms with Gasteiger partial charge in [0, 0.05) is 10.6 Å². The van der Waals surface area contributed by atoms with Crippen molar-refractivity contribution in [3.8, 4) is 0 Å². The smallest absolute Gasteiger partial charge is 0.0730 e. The summed E-state index contributed by atoms with van der Waals surface area (Å²) in [5.74, 6) is -1.24.